The van der Waals surface area contributed by atoms with Crippen molar-refractivity contribution in [2.24, 2.45) is 5.84 Å². The Balaban J connectivity index is 2.23. The van der Waals surface area contributed by atoms with Crippen LogP contribution in [0.2, 0.25) is 0 Å². The van der Waals surface area contributed by atoms with Crippen LogP contribution in [0.5, 0.6) is 0 Å². The number of ether oxygens (including phenoxy) is 1. The fourth-order valence-electron chi connectivity index (χ4n) is 2.43. The van der Waals surface area contributed by atoms with Crippen molar-refractivity contribution in [3.8, 4) is 0 Å². The monoisotopic (exact) mass is 282 g/mol. The fourth-order valence-corrected chi connectivity index (χ4v) is 2.43. The lowest BCUT2D eigenvalue weighted by atomic mass is 9.94. The van der Waals surface area contributed by atoms with Crippen LogP contribution >= 0.6 is 0 Å². The highest BCUT2D eigenvalue weighted by molar-refractivity contribution is 5.95. The van der Waals surface area contributed by atoms with Crippen molar-refractivity contribution in [3.63, 3.8) is 0 Å². The van der Waals surface area contributed by atoms with Gasteiger partial charge in [-0.05, 0) is 25.8 Å². The number of hydrogen-bond acceptors (Lipinski definition) is 5. The van der Waals surface area contributed by atoms with Gasteiger partial charge in [-0.25, -0.2) is 15.2 Å². The van der Waals surface area contributed by atoms with Crippen molar-refractivity contribution in [1.29, 1.82) is 0 Å². The van der Waals surface area contributed by atoms with Gasteiger partial charge >= 0.3 is 0 Å². The zero-order valence-corrected chi connectivity index (χ0v) is 11.6. The summed E-state index contributed by atoms with van der Waals surface area (Å²) >= 11 is 0. The molecule has 6 nitrogen and oxygen atoms in total. The lowest BCUT2D eigenvalue weighted by Gasteiger charge is -2.39. The molecule has 110 valence electrons. The first-order valence-corrected chi connectivity index (χ1v) is 6.46. The molecular weight excluding hydrogens is 263 g/mol. The number of nitrogens with zero attached hydrogens (tertiary/aromatic N) is 2. The third kappa shape index (κ3) is 2.73. The predicted octanol–water partition coefficient (Wildman–Crippen LogP) is 1.15. The van der Waals surface area contributed by atoms with Crippen molar-refractivity contribution in [1.82, 2.24) is 9.88 Å². The number of halogens is 1. The number of rotatable bonds is 3. The summed E-state index contributed by atoms with van der Waals surface area (Å²) in [5.74, 6) is 3.93. The van der Waals surface area contributed by atoms with E-state index < -0.39 is 5.82 Å². The maximum atomic E-state index is 14.1. The number of hydrogen-bond donors (Lipinski definition) is 2. The number of nitrogens with two attached hydrogens (primary N) is 1. The van der Waals surface area contributed by atoms with E-state index in [9.17, 15) is 9.18 Å². The van der Waals surface area contributed by atoms with Gasteiger partial charge in [0.25, 0.3) is 5.91 Å². The average Bonchev–Trinajstić information content (AvgIpc) is 2.47. The lowest BCUT2D eigenvalue weighted by molar-refractivity contribution is -0.0441. The largest absolute Gasteiger partial charge is 0.377 e. The van der Waals surface area contributed by atoms with Crippen LogP contribution in [0.25, 0.3) is 0 Å². The molecule has 2 heterocycles. The van der Waals surface area contributed by atoms with E-state index in [0.29, 0.717) is 13.1 Å². The molecular formula is C13H19FN4O2. The summed E-state index contributed by atoms with van der Waals surface area (Å²) < 4.78 is 19.5. The van der Waals surface area contributed by atoms with Crippen LogP contribution in [0.4, 0.5) is 10.2 Å². The fraction of sp³-hybridized carbons (Fsp3) is 0.538. The zero-order chi connectivity index (χ0) is 14.8. The summed E-state index contributed by atoms with van der Waals surface area (Å²) in [6.45, 7) is 2.97. The Hall–Kier alpha value is -1.73. The van der Waals surface area contributed by atoms with E-state index in [1.807, 2.05) is 6.92 Å². The number of nitrogen functional groups attached to an aromatic ring is 1. The number of anilines is 1. The van der Waals surface area contributed by atoms with Crippen molar-refractivity contribution in [3.05, 3.63) is 23.6 Å². The Labute approximate surface area is 117 Å². The van der Waals surface area contributed by atoms with Crippen molar-refractivity contribution >= 4 is 11.7 Å². The van der Waals surface area contributed by atoms with E-state index >= 15 is 0 Å². The van der Waals surface area contributed by atoms with Crippen LogP contribution in [0.3, 0.4) is 0 Å². The summed E-state index contributed by atoms with van der Waals surface area (Å²) in [7, 11) is 1.62. The molecule has 1 unspecified atom stereocenters. The summed E-state index contributed by atoms with van der Waals surface area (Å²) in [5, 5.41) is 0. The maximum Gasteiger partial charge on any atom is 0.257 e. The van der Waals surface area contributed by atoms with Gasteiger partial charge in [0.15, 0.2) is 11.6 Å². The van der Waals surface area contributed by atoms with Gasteiger partial charge in [-0.1, -0.05) is 0 Å². The lowest BCUT2D eigenvalue weighted by Crippen LogP contribution is -2.49. The van der Waals surface area contributed by atoms with Crippen molar-refractivity contribution in [2.75, 3.05) is 25.6 Å². The topological polar surface area (TPSA) is 80.5 Å². The molecule has 0 saturated carbocycles. The second-order valence-electron chi connectivity index (χ2n) is 5.15. The third-order valence-corrected chi connectivity index (χ3v) is 3.70. The minimum Gasteiger partial charge on any atom is -0.377 e. The molecule has 0 radical (unpaired) electrons. The third-order valence-electron chi connectivity index (χ3n) is 3.70. The van der Waals surface area contributed by atoms with E-state index in [2.05, 4.69) is 10.4 Å². The van der Waals surface area contributed by atoms with Gasteiger partial charge in [0, 0.05) is 26.4 Å². The second kappa shape index (κ2) is 5.72. The van der Waals surface area contributed by atoms with Gasteiger partial charge < -0.3 is 15.1 Å². The smallest absolute Gasteiger partial charge is 0.257 e. The number of carbonyl (C=O) groups excluding carboxylic acids is 1. The van der Waals surface area contributed by atoms with Crippen LogP contribution in [-0.4, -0.2) is 41.6 Å². The highest BCUT2D eigenvalue weighted by Crippen LogP contribution is 2.26. The Morgan fingerprint density at radius 3 is 3.05 bits per heavy atom. The molecule has 0 bridgehead atoms. The molecule has 7 heteroatoms. The molecule has 0 spiro atoms. The number of pyridine rings is 1. The van der Waals surface area contributed by atoms with Crippen LogP contribution in [0.15, 0.2) is 12.3 Å². The molecule has 1 saturated heterocycles. The van der Waals surface area contributed by atoms with Gasteiger partial charge in [0.1, 0.15) is 0 Å². The van der Waals surface area contributed by atoms with Gasteiger partial charge in [-0.3, -0.25) is 4.79 Å². The molecule has 1 aliphatic heterocycles. The molecule has 2 rings (SSSR count). The first-order valence-electron chi connectivity index (χ1n) is 6.46. The molecule has 3 N–H and O–H groups in total. The van der Waals surface area contributed by atoms with E-state index in [-0.39, 0.29) is 22.9 Å². The average molecular weight is 282 g/mol. The molecule has 1 fully saturated rings. The minimum absolute atomic E-state index is 0.0340. The van der Waals surface area contributed by atoms with E-state index in [4.69, 9.17) is 10.6 Å². The number of aromatic nitrogens is 1. The highest BCUT2D eigenvalue weighted by atomic mass is 19.1. The summed E-state index contributed by atoms with van der Waals surface area (Å²) in [5.41, 5.74) is 1.72. The number of hydrazine groups is 1. The summed E-state index contributed by atoms with van der Waals surface area (Å²) in [4.78, 5) is 17.8. The number of likely N-dealkylation sites (tertiary alicyclic amines) is 1. The van der Waals surface area contributed by atoms with Gasteiger partial charge in [-0.15, -0.1) is 0 Å². The van der Waals surface area contributed by atoms with Crippen LogP contribution < -0.4 is 11.3 Å². The summed E-state index contributed by atoms with van der Waals surface area (Å²) in [6, 6.07) is 1.36. The van der Waals surface area contributed by atoms with Gasteiger partial charge in [-0.2, -0.15) is 0 Å². The molecule has 1 amide bonds. The molecule has 1 aromatic heterocycles. The van der Waals surface area contributed by atoms with Crippen molar-refractivity contribution < 1.29 is 13.9 Å². The highest BCUT2D eigenvalue weighted by Gasteiger charge is 2.34. The number of piperidine rings is 1. The molecule has 0 aliphatic carbocycles. The molecule has 1 aromatic rings. The van der Waals surface area contributed by atoms with Gasteiger partial charge in [0.05, 0.1) is 11.2 Å². The maximum absolute atomic E-state index is 14.1. The zero-order valence-electron chi connectivity index (χ0n) is 11.6. The first kappa shape index (κ1) is 14.7. The Kier molecular flexibility index (Phi) is 4.20. The van der Waals surface area contributed by atoms with Crippen LogP contribution in [-0.2, 0) is 4.74 Å². The Morgan fingerprint density at radius 1 is 1.65 bits per heavy atom. The van der Waals surface area contributed by atoms with E-state index in [0.717, 1.165) is 12.8 Å². The number of amides is 1. The Bertz CT molecular complexity index is 511. The minimum atomic E-state index is -0.732. The second-order valence-corrected chi connectivity index (χ2v) is 5.15. The Morgan fingerprint density at radius 2 is 2.40 bits per heavy atom. The quantitative estimate of drug-likeness (QED) is 0.642. The van der Waals surface area contributed by atoms with Gasteiger partial charge in [0.2, 0.25) is 0 Å². The molecule has 1 atom stereocenters. The van der Waals surface area contributed by atoms with Crippen LogP contribution in [0.1, 0.15) is 30.1 Å². The standard InChI is InChI=1S/C13H19FN4O2/c1-13(20-2)5-3-7-18(8-13)12(19)9-4-6-16-11(17-15)10(9)14/h4,6H,3,5,7-8,15H2,1-2H3,(H,16,17). The number of methoxy groups -OCH3 is 1. The SMILES string of the molecule is COC1(C)CCCN(C(=O)c2ccnc(NN)c2F)C1. The molecule has 20 heavy (non-hydrogen) atoms. The summed E-state index contributed by atoms with van der Waals surface area (Å²) in [6.07, 6.45) is 3.05. The molecule has 1 aliphatic rings. The van der Waals surface area contributed by atoms with E-state index in [1.54, 1.807) is 12.0 Å². The number of carbonyl (C=O) groups is 1. The first-order chi connectivity index (χ1) is 9.50. The van der Waals surface area contributed by atoms with Crippen LogP contribution in [0, 0.1) is 5.82 Å². The normalized spacial score (nSPS) is 22.7. The molecule has 0 aromatic carbocycles. The van der Waals surface area contributed by atoms with E-state index in [1.165, 1.54) is 12.3 Å². The van der Waals surface area contributed by atoms with Crippen molar-refractivity contribution in [2.45, 2.75) is 25.4 Å². The predicted molar refractivity (Wildman–Crippen MR) is 72.6 cm³/mol. The number of nitrogens with one attached hydrogen (secondary N) is 1.